The number of cyclic esters (lactones) is 1. The van der Waals surface area contributed by atoms with Crippen LogP contribution in [0.3, 0.4) is 0 Å². The molecule has 0 spiro atoms. The van der Waals surface area contributed by atoms with Gasteiger partial charge in [0, 0.05) is 17.9 Å². The number of esters is 2. The van der Waals surface area contributed by atoms with Crippen LogP contribution in [0.15, 0.2) is 23.0 Å². The summed E-state index contributed by atoms with van der Waals surface area (Å²) in [4.78, 5) is 50.9. The van der Waals surface area contributed by atoms with Gasteiger partial charge in [-0.25, -0.2) is 4.79 Å². The molecule has 1 aromatic heterocycles. The van der Waals surface area contributed by atoms with Gasteiger partial charge < -0.3 is 24.4 Å². The summed E-state index contributed by atoms with van der Waals surface area (Å²) in [6.07, 6.45) is 1.55. The third-order valence-corrected chi connectivity index (χ3v) is 7.76. The molecule has 4 unspecified atom stereocenters. The molecule has 3 aliphatic rings. The lowest BCUT2D eigenvalue weighted by molar-refractivity contribution is -0.207. The molecule has 1 amide bonds. The molecule has 1 aromatic rings. The lowest BCUT2D eigenvalue weighted by atomic mass is 9.43. The summed E-state index contributed by atoms with van der Waals surface area (Å²) in [5.41, 5.74) is 4.34. The van der Waals surface area contributed by atoms with Crippen LogP contribution >= 0.6 is 0 Å². The van der Waals surface area contributed by atoms with Gasteiger partial charge in [0.1, 0.15) is 6.10 Å². The van der Waals surface area contributed by atoms with Gasteiger partial charge in [-0.2, -0.15) is 0 Å². The molecule has 2 N–H and O–H groups in total. The van der Waals surface area contributed by atoms with E-state index in [0.29, 0.717) is 24.8 Å². The second-order valence-electron chi connectivity index (χ2n) is 9.36. The Balaban J connectivity index is 1.80. The number of fused-ring (bicyclic) bond motifs is 3. The van der Waals surface area contributed by atoms with Crippen LogP contribution in [0.2, 0.25) is 0 Å². The molecular weight excluding hydrogens is 406 g/mol. The summed E-state index contributed by atoms with van der Waals surface area (Å²) >= 11 is 0. The summed E-state index contributed by atoms with van der Waals surface area (Å²) in [5.74, 6) is -3.05. The Kier molecular flexibility index (Phi) is 5.10. The maximum atomic E-state index is 13.7. The summed E-state index contributed by atoms with van der Waals surface area (Å²) in [6.45, 7) is 3.79. The predicted octanol–water partition coefficient (Wildman–Crippen LogP) is 2.53. The van der Waals surface area contributed by atoms with Gasteiger partial charge in [-0.05, 0) is 36.2 Å². The number of hydrogen-bond donors (Lipinski definition) is 1. The van der Waals surface area contributed by atoms with Crippen molar-refractivity contribution in [1.82, 2.24) is 0 Å². The standard InChI is InChI=1S/C22H27NO8/c1-21-6-4-12-19(26)30-15(11-5-7-29-10-11)9-22(12,2)17(21)16(24)14(31-20(23)27)8-13(21)18(25)28-3/h5,7,10,12-15,17H,4,6,8-9H2,1-3H3,(H2,23,27)/t12?,13?,14?,15-,17?,21-,22-/m0/s1. The van der Waals surface area contributed by atoms with Crippen LogP contribution in [0, 0.1) is 28.6 Å². The van der Waals surface area contributed by atoms with Gasteiger partial charge in [-0.1, -0.05) is 13.8 Å². The molecule has 2 saturated carbocycles. The monoisotopic (exact) mass is 433 g/mol. The van der Waals surface area contributed by atoms with E-state index in [1.807, 2.05) is 13.8 Å². The molecule has 3 fully saturated rings. The molecule has 7 atom stereocenters. The van der Waals surface area contributed by atoms with Crippen molar-refractivity contribution in [2.45, 2.75) is 51.7 Å². The zero-order chi connectivity index (χ0) is 22.6. The lowest BCUT2D eigenvalue weighted by Crippen LogP contribution is -2.65. The van der Waals surface area contributed by atoms with Gasteiger partial charge in [-0.15, -0.1) is 0 Å². The van der Waals surface area contributed by atoms with Crippen molar-refractivity contribution in [3.8, 4) is 0 Å². The first kappa shape index (κ1) is 21.4. The normalized spacial score (nSPS) is 39.6. The van der Waals surface area contributed by atoms with Gasteiger partial charge in [0.25, 0.3) is 0 Å². The third kappa shape index (κ3) is 3.21. The minimum atomic E-state index is -1.17. The highest BCUT2D eigenvalue weighted by Crippen LogP contribution is 2.65. The molecule has 2 aliphatic carbocycles. The number of methoxy groups -OCH3 is 1. The smallest absolute Gasteiger partial charge is 0.405 e. The van der Waals surface area contributed by atoms with E-state index in [0.717, 1.165) is 0 Å². The molecule has 9 heteroatoms. The predicted molar refractivity (Wildman–Crippen MR) is 104 cm³/mol. The van der Waals surface area contributed by atoms with E-state index in [4.69, 9.17) is 24.4 Å². The Labute approximate surface area is 179 Å². The average molecular weight is 433 g/mol. The zero-order valence-corrected chi connectivity index (χ0v) is 17.8. The van der Waals surface area contributed by atoms with Gasteiger partial charge in [0.15, 0.2) is 11.9 Å². The minimum Gasteiger partial charge on any atom is -0.472 e. The van der Waals surface area contributed by atoms with Crippen molar-refractivity contribution in [1.29, 1.82) is 0 Å². The van der Waals surface area contributed by atoms with Gasteiger partial charge in [0.05, 0.1) is 31.5 Å². The first-order valence-electron chi connectivity index (χ1n) is 10.4. The van der Waals surface area contributed by atoms with Crippen molar-refractivity contribution in [2.75, 3.05) is 7.11 Å². The van der Waals surface area contributed by atoms with Crippen LogP contribution in [0.1, 0.15) is 51.2 Å². The second-order valence-corrected chi connectivity index (χ2v) is 9.36. The van der Waals surface area contributed by atoms with Crippen LogP contribution in [-0.2, 0) is 28.6 Å². The topological polar surface area (TPSA) is 135 Å². The van der Waals surface area contributed by atoms with Gasteiger partial charge in [0.2, 0.25) is 0 Å². The maximum Gasteiger partial charge on any atom is 0.405 e. The van der Waals surface area contributed by atoms with E-state index in [1.165, 1.54) is 19.6 Å². The number of nitrogens with two attached hydrogens (primary N) is 1. The third-order valence-electron chi connectivity index (χ3n) is 7.76. The number of furan rings is 1. The van der Waals surface area contributed by atoms with E-state index in [2.05, 4.69) is 0 Å². The van der Waals surface area contributed by atoms with Gasteiger partial charge in [-0.3, -0.25) is 14.4 Å². The summed E-state index contributed by atoms with van der Waals surface area (Å²) in [5, 5.41) is 0. The van der Waals surface area contributed by atoms with Crippen molar-refractivity contribution in [2.24, 2.45) is 34.3 Å². The summed E-state index contributed by atoms with van der Waals surface area (Å²) in [7, 11) is 1.29. The van der Waals surface area contributed by atoms with Crippen LogP contribution in [0.5, 0.6) is 0 Å². The average Bonchev–Trinajstić information content (AvgIpc) is 3.23. The molecule has 9 nitrogen and oxygen atoms in total. The number of carbonyl (C=O) groups excluding carboxylic acids is 4. The first-order chi connectivity index (χ1) is 14.6. The van der Waals surface area contributed by atoms with E-state index in [-0.39, 0.29) is 18.2 Å². The molecule has 0 aromatic carbocycles. The fourth-order valence-electron chi connectivity index (χ4n) is 6.40. The number of carbonyl (C=O) groups is 4. The Hall–Kier alpha value is -2.84. The van der Waals surface area contributed by atoms with Crippen molar-refractivity contribution in [3.63, 3.8) is 0 Å². The molecule has 0 radical (unpaired) electrons. The van der Waals surface area contributed by atoms with Crippen LogP contribution in [-0.4, -0.2) is 37.0 Å². The number of primary amides is 1. The summed E-state index contributed by atoms with van der Waals surface area (Å²) in [6, 6.07) is 1.72. The lowest BCUT2D eigenvalue weighted by Gasteiger charge is -2.60. The number of hydrogen-bond acceptors (Lipinski definition) is 8. The van der Waals surface area contributed by atoms with Crippen molar-refractivity contribution in [3.05, 3.63) is 24.2 Å². The maximum absolute atomic E-state index is 13.7. The van der Waals surface area contributed by atoms with Crippen LogP contribution in [0.4, 0.5) is 4.79 Å². The Morgan fingerprint density at radius 2 is 1.97 bits per heavy atom. The van der Waals surface area contributed by atoms with E-state index < -0.39 is 52.9 Å². The Bertz CT molecular complexity index is 911. The van der Waals surface area contributed by atoms with Crippen molar-refractivity contribution < 1.29 is 37.8 Å². The van der Waals surface area contributed by atoms with Crippen LogP contribution < -0.4 is 5.73 Å². The molecule has 1 aliphatic heterocycles. The molecule has 0 bridgehead atoms. The second kappa shape index (κ2) is 7.39. The quantitative estimate of drug-likeness (QED) is 0.567. The SMILES string of the molecule is COC(=O)C1CC(OC(N)=O)C(=O)C2[C@@]1(C)CCC1C(=O)O[C@H](c3ccoc3)C[C@@]12C. The number of rotatable bonds is 3. The largest absolute Gasteiger partial charge is 0.472 e. The fraction of sp³-hybridized carbons (Fsp3) is 0.636. The van der Waals surface area contributed by atoms with Crippen LogP contribution in [0.25, 0.3) is 0 Å². The number of amides is 1. The van der Waals surface area contributed by atoms with E-state index in [1.54, 1.807) is 6.07 Å². The highest BCUT2D eigenvalue weighted by Gasteiger charge is 2.67. The molecule has 4 rings (SSSR count). The highest BCUT2D eigenvalue weighted by molar-refractivity contribution is 5.93. The fourth-order valence-corrected chi connectivity index (χ4v) is 6.40. The Morgan fingerprint density at radius 3 is 2.58 bits per heavy atom. The van der Waals surface area contributed by atoms with E-state index >= 15 is 0 Å². The number of ether oxygens (including phenoxy) is 3. The molecular formula is C22H27NO8. The molecule has 2 heterocycles. The Morgan fingerprint density at radius 1 is 1.23 bits per heavy atom. The molecule has 1 saturated heterocycles. The zero-order valence-electron chi connectivity index (χ0n) is 17.8. The first-order valence-corrected chi connectivity index (χ1v) is 10.4. The minimum absolute atomic E-state index is 0.0117. The summed E-state index contributed by atoms with van der Waals surface area (Å²) < 4.78 is 21.0. The van der Waals surface area contributed by atoms with E-state index in [9.17, 15) is 19.2 Å². The molecule has 31 heavy (non-hydrogen) atoms. The highest BCUT2D eigenvalue weighted by atomic mass is 16.6. The number of Topliss-reactive ketones (excluding diaryl/α,β-unsaturated/α-hetero) is 1. The van der Waals surface area contributed by atoms with Gasteiger partial charge >= 0.3 is 18.0 Å². The molecule has 168 valence electrons. The van der Waals surface area contributed by atoms with Crippen molar-refractivity contribution >= 4 is 23.8 Å². The number of ketones is 1.